The van der Waals surface area contributed by atoms with Crippen molar-refractivity contribution in [2.24, 2.45) is 5.73 Å². The first-order valence-corrected chi connectivity index (χ1v) is 7.93. The highest BCUT2D eigenvalue weighted by Crippen LogP contribution is 2.34. The van der Waals surface area contributed by atoms with E-state index in [2.05, 4.69) is 6.58 Å². The second-order valence-corrected chi connectivity index (χ2v) is 6.83. The minimum absolute atomic E-state index is 0.0700. The molecule has 0 radical (unpaired) electrons. The van der Waals surface area contributed by atoms with Crippen LogP contribution in [0, 0.1) is 0 Å². The molecular weight excluding hydrogens is 284 g/mol. The van der Waals surface area contributed by atoms with Crippen molar-refractivity contribution in [1.82, 2.24) is 4.31 Å². The van der Waals surface area contributed by atoms with Crippen LogP contribution in [0.15, 0.2) is 35.7 Å². The quantitative estimate of drug-likeness (QED) is 0.819. The van der Waals surface area contributed by atoms with Crippen LogP contribution in [-0.2, 0) is 16.6 Å². The lowest BCUT2D eigenvalue weighted by atomic mass is 10.2. The molecule has 2 rings (SSSR count). The van der Waals surface area contributed by atoms with Gasteiger partial charge in [-0.25, -0.2) is 8.42 Å². The smallest absolute Gasteiger partial charge is 0.245 e. The topological polar surface area (TPSA) is 63.4 Å². The molecule has 0 aromatic heterocycles. The summed E-state index contributed by atoms with van der Waals surface area (Å²) in [5, 5.41) is 0.229. The van der Waals surface area contributed by atoms with E-state index < -0.39 is 10.0 Å². The van der Waals surface area contributed by atoms with Gasteiger partial charge in [0, 0.05) is 19.1 Å². The number of halogens is 1. The second-order valence-electron chi connectivity index (χ2n) is 4.56. The fourth-order valence-electron chi connectivity index (χ4n) is 1.93. The maximum absolute atomic E-state index is 12.6. The third-order valence-electron chi connectivity index (χ3n) is 3.08. The van der Waals surface area contributed by atoms with Crippen LogP contribution in [-0.4, -0.2) is 25.3 Å². The van der Waals surface area contributed by atoms with Crippen LogP contribution in [0.2, 0.25) is 5.02 Å². The standard InChI is InChI=1S/C13H17ClN2O2S/c1-2-7-16(11-4-5-11)19(17,18)13-8-10(9-15)3-6-12(13)14/h2-3,6,8,11H,1,4-5,7,9,15H2. The molecule has 6 heteroatoms. The van der Waals surface area contributed by atoms with Crippen molar-refractivity contribution in [2.45, 2.75) is 30.3 Å². The van der Waals surface area contributed by atoms with E-state index in [0.717, 1.165) is 18.4 Å². The zero-order chi connectivity index (χ0) is 14.0. The van der Waals surface area contributed by atoms with Crippen molar-refractivity contribution >= 4 is 21.6 Å². The van der Waals surface area contributed by atoms with Crippen LogP contribution < -0.4 is 5.73 Å². The van der Waals surface area contributed by atoms with Gasteiger partial charge in [0.25, 0.3) is 0 Å². The first kappa shape index (κ1) is 14.5. The Hall–Kier alpha value is -0.880. The maximum atomic E-state index is 12.6. The summed E-state index contributed by atoms with van der Waals surface area (Å²) in [6.07, 6.45) is 3.37. The average Bonchev–Trinajstić information content (AvgIpc) is 3.20. The van der Waals surface area contributed by atoms with Crippen LogP contribution in [0.1, 0.15) is 18.4 Å². The summed E-state index contributed by atoms with van der Waals surface area (Å²) >= 11 is 6.03. The molecule has 1 saturated carbocycles. The molecule has 19 heavy (non-hydrogen) atoms. The van der Waals surface area contributed by atoms with Crippen LogP contribution in [0.5, 0.6) is 0 Å². The third-order valence-corrected chi connectivity index (χ3v) is 5.48. The van der Waals surface area contributed by atoms with Crippen molar-refractivity contribution in [3.63, 3.8) is 0 Å². The number of hydrogen-bond donors (Lipinski definition) is 1. The Kier molecular flexibility index (Phi) is 4.30. The predicted molar refractivity (Wildman–Crippen MR) is 76.5 cm³/mol. The van der Waals surface area contributed by atoms with Gasteiger partial charge in [-0.2, -0.15) is 4.31 Å². The Morgan fingerprint density at radius 1 is 1.47 bits per heavy atom. The van der Waals surface area contributed by atoms with E-state index in [4.69, 9.17) is 17.3 Å². The van der Waals surface area contributed by atoms with Crippen LogP contribution in [0.25, 0.3) is 0 Å². The molecule has 0 aliphatic heterocycles. The van der Waals surface area contributed by atoms with Gasteiger partial charge in [0.05, 0.1) is 5.02 Å². The van der Waals surface area contributed by atoms with E-state index in [1.807, 2.05) is 0 Å². The lowest BCUT2D eigenvalue weighted by molar-refractivity contribution is 0.436. The Balaban J connectivity index is 2.45. The van der Waals surface area contributed by atoms with Crippen molar-refractivity contribution < 1.29 is 8.42 Å². The molecule has 1 aromatic carbocycles. The van der Waals surface area contributed by atoms with Gasteiger partial charge in [-0.05, 0) is 30.5 Å². The zero-order valence-corrected chi connectivity index (χ0v) is 12.1. The summed E-state index contributed by atoms with van der Waals surface area (Å²) in [7, 11) is -3.59. The number of nitrogens with two attached hydrogens (primary N) is 1. The van der Waals surface area contributed by atoms with Crippen LogP contribution >= 0.6 is 11.6 Å². The van der Waals surface area contributed by atoms with E-state index in [1.165, 1.54) is 4.31 Å². The third kappa shape index (κ3) is 3.00. The zero-order valence-electron chi connectivity index (χ0n) is 10.5. The molecule has 0 amide bonds. The minimum Gasteiger partial charge on any atom is -0.326 e. The monoisotopic (exact) mass is 300 g/mol. The molecule has 0 heterocycles. The highest BCUT2D eigenvalue weighted by Gasteiger charge is 2.38. The van der Waals surface area contributed by atoms with E-state index in [9.17, 15) is 8.42 Å². The van der Waals surface area contributed by atoms with Gasteiger partial charge in [-0.15, -0.1) is 6.58 Å². The number of rotatable bonds is 6. The molecule has 4 nitrogen and oxygen atoms in total. The molecule has 1 fully saturated rings. The fourth-order valence-corrected chi connectivity index (χ4v) is 4.11. The van der Waals surface area contributed by atoms with E-state index >= 15 is 0 Å². The maximum Gasteiger partial charge on any atom is 0.245 e. The van der Waals surface area contributed by atoms with Crippen molar-refractivity contribution in [1.29, 1.82) is 0 Å². The highest BCUT2D eigenvalue weighted by atomic mass is 35.5. The average molecular weight is 301 g/mol. The van der Waals surface area contributed by atoms with Crippen molar-refractivity contribution in [3.05, 3.63) is 41.4 Å². The highest BCUT2D eigenvalue weighted by molar-refractivity contribution is 7.89. The van der Waals surface area contributed by atoms with Gasteiger partial charge in [0.2, 0.25) is 10.0 Å². The predicted octanol–water partition coefficient (Wildman–Crippen LogP) is 2.14. The molecule has 1 aromatic rings. The Labute approximate surface area is 118 Å². The summed E-state index contributed by atoms with van der Waals surface area (Å²) in [5.41, 5.74) is 6.30. The summed E-state index contributed by atoms with van der Waals surface area (Å²) < 4.78 is 26.8. The van der Waals surface area contributed by atoms with Crippen molar-refractivity contribution in [3.8, 4) is 0 Å². The van der Waals surface area contributed by atoms with E-state index in [0.29, 0.717) is 6.54 Å². The largest absolute Gasteiger partial charge is 0.326 e. The van der Waals surface area contributed by atoms with Gasteiger partial charge in [0.15, 0.2) is 0 Å². The molecule has 2 N–H and O–H groups in total. The Morgan fingerprint density at radius 2 is 2.16 bits per heavy atom. The minimum atomic E-state index is -3.59. The van der Waals surface area contributed by atoms with Gasteiger partial charge in [-0.1, -0.05) is 23.7 Å². The first-order chi connectivity index (χ1) is 9.00. The molecule has 1 aliphatic rings. The van der Waals surface area contributed by atoms with E-state index in [1.54, 1.807) is 24.3 Å². The molecule has 104 valence electrons. The van der Waals surface area contributed by atoms with Crippen LogP contribution in [0.4, 0.5) is 0 Å². The molecule has 0 atom stereocenters. The number of sulfonamides is 1. The molecule has 0 saturated heterocycles. The second kappa shape index (κ2) is 5.63. The van der Waals surface area contributed by atoms with Crippen molar-refractivity contribution in [2.75, 3.05) is 6.54 Å². The molecule has 0 unspecified atom stereocenters. The first-order valence-electron chi connectivity index (χ1n) is 6.12. The Morgan fingerprint density at radius 3 is 2.68 bits per heavy atom. The molecule has 1 aliphatic carbocycles. The van der Waals surface area contributed by atoms with Gasteiger partial charge < -0.3 is 5.73 Å². The number of nitrogens with zero attached hydrogens (tertiary/aromatic N) is 1. The summed E-state index contributed by atoms with van der Waals surface area (Å²) in [4.78, 5) is 0.130. The molecule has 0 bridgehead atoms. The summed E-state index contributed by atoms with van der Waals surface area (Å²) in [6.45, 7) is 4.20. The molecular formula is C13H17ClN2O2S. The lowest BCUT2D eigenvalue weighted by Gasteiger charge is -2.21. The van der Waals surface area contributed by atoms with Gasteiger partial charge in [-0.3, -0.25) is 0 Å². The molecule has 0 spiro atoms. The van der Waals surface area contributed by atoms with Crippen LogP contribution in [0.3, 0.4) is 0 Å². The summed E-state index contributed by atoms with van der Waals surface area (Å²) in [5.74, 6) is 0. The summed E-state index contributed by atoms with van der Waals surface area (Å²) in [6, 6.07) is 4.93. The fraction of sp³-hybridized carbons (Fsp3) is 0.385. The van der Waals surface area contributed by atoms with E-state index in [-0.39, 0.29) is 22.5 Å². The number of hydrogen-bond acceptors (Lipinski definition) is 3. The Bertz CT molecular complexity index is 582. The van der Waals surface area contributed by atoms with Gasteiger partial charge >= 0.3 is 0 Å². The lowest BCUT2D eigenvalue weighted by Crippen LogP contribution is -2.33. The number of benzene rings is 1. The SMILES string of the molecule is C=CCN(C1CC1)S(=O)(=O)c1cc(CN)ccc1Cl. The normalized spacial score (nSPS) is 15.7. The van der Waals surface area contributed by atoms with Gasteiger partial charge in [0.1, 0.15) is 4.90 Å².